The maximum atomic E-state index is 11.1. The average molecular weight is 232 g/mol. The molecule has 1 aliphatic heterocycles. The smallest absolute Gasteiger partial charge is 0.310 e. The predicted molar refractivity (Wildman–Crippen MR) is 60.8 cm³/mol. The molecule has 0 radical (unpaired) electrons. The standard InChI is InChI=1S/C13H12O4/c14-10-7-13(6-5-9(13)12(15)16)17-11-4-2-1-3-8(10)11/h1-4,7,9,14H,5-6H2,(H,15,16). The predicted octanol–water partition coefficient (Wildman–Crippen LogP) is 2.21. The van der Waals surface area contributed by atoms with Gasteiger partial charge < -0.3 is 14.9 Å². The van der Waals surface area contributed by atoms with E-state index in [4.69, 9.17) is 9.84 Å². The van der Waals surface area contributed by atoms with E-state index in [2.05, 4.69) is 0 Å². The lowest BCUT2D eigenvalue weighted by Crippen LogP contribution is -2.55. The van der Waals surface area contributed by atoms with Crippen LogP contribution in [0.15, 0.2) is 30.3 Å². The highest BCUT2D eigenvalue weighted by Gasteiger charge is 2.54. The molecular weight excluding hydrogens is 220 g/mol. The van der Waals surface area contributed by atoms with Crippen molar-refractivity contribution in [3.8, 4) is 5.75 Å². The van der Waals surface area contributed by atoms with Gasteiger partial charge in [0.2, 0.25) is 0 Å². The summed E-state index contributed by atoms with van der Waals surface area (Å²) in [6.45, 7) is 0. The molecule has 1 aromatic rings. The first kappa shape index (κ1) is 10.2. The molecule has 4 heteroatoms. The summed E-state index contributed by atoms with van der Waals surface area (Å²) in [5.74, 6) is -0.783. The Kier molecular flexibility index (Phi) is 1.96. The second-order valence-electron chi connectivity index (χ2n) is 4.51. The van der Waals surface area contributed by atoms with E-state index in [0.29, 0.717) is 24.2 Å². The average Bonchev–Trinajstić information content (AvgIpc) is 2.27. The van der Waals surface area contributed by atoms with Gasteiger partial charge in [0.25, 0.3) is 0 Å². The zero-order valence-corrected chi connectivity index (χ0v) is 9.09. The minimum Gasteiger partial charge on any atom is -0.507 e. The molecule has 1 spiro atoms. The zero-order chi connectivity index (χ0) is 12.0. The van der Waals surface area contributed by atoms with Gasteiger partial charge >= 0.3 is 5.97 Å². The molecule has 0 saturated heterocycles. The van der Waals surface area contributed by atoms with E-state index in [1.807, 2.05) is 0 Å². The van der Waals surface area contributed by atoms with Gasteiger partial charge in [0.1, 0.15) is 23.0 Å². The number of aliphatic hydroxyl groups is 1. The van der Waals surface area contributed by atoms with Crippen LogP contribution in [0.25, 0.3) is 5.76 Å². The third-order valence-corrected chi connectivity index (χ3v) is 3.56. The summed E-state index contributed by atoms with van der Waals surface area (Å²) in [4.78, 5) is 11.1. The Labute approximate surface area is 98.1 Å². The summed E-state index contributed by atoms with van der Waals surface area (Å²) < 4.78 is 5.78. The Morgan fingerprint density at radius 3 is 2.82 bits per heavy atom. The van der Waals surface area contributed by atoms with Crippen molar-refractivity contribution in [3.05, 3.63) is 35.9 Å². The monoisotopic (exact) mass is 232 g/mol. The summed E-state index contributed by atoms with van der Waals surface area (Å²) in [5.41, 5.74) is -0.237. The van der Waals surface area contributed by atoms with Crippen LogP contribution in [0.2, 0.25) is 0 Å². The van der Waals surface area contributed by atoms with Gasteiger partial charge in [-0.25, -0.2) is 0 Å². The van der Waals surface area contributed by atoms with E-state index >= 15 is 0 Å². The lowest BCUT2D eigenvalue weighted by molar-refractivity contribution is -0.156. The highest BCUT2D eigenvalue weighted by molar-refractivity contribution is 5.77. The first-order chi connectivity index (χ1) is 8.12. The number of hydrogen-bond donors (Lipinski definition) is 2. The molecule has 4 nitrogen and oxygen atoms in total. The van der Waals surface area contributed by atoms with Crippen molar-refractivity contribution >= 4 is 11.7 Å². The second-order valence-corrected chi connectivity index (χ2v) is 4.51. The molecule has 1 aliphatic carbocycles. The van der Waals surface area contributed by atoms with Crippen molar-refractivity contribution in [1.29, 1.82) is 0 Å². The molecule has 2 atom stereocenters. The van der Waals surface area contributed by atoms with Gasteiger partial charge in [-0.3, -0.25) is 4.79 Å². The number of para-hydroxylation sites is 1. The van der Waals surface area contributed by atoms with Gasteiger partial charge in [-0.15, -0.1) is 0 Å². The minimum atomic E-state index is -0.875. The minimum absolute atomic E-state index is 0.109. The number of fused-ring (bicyclic) bond motifs is 1. The molecule has 1 aromatic carbocycles. The number of aliphatic carboxylic acids is 1. The molecule has 0 aromatic heterocycles. The molecular formula is C13H12O4. The third-order valence-electron chi connectivity index (χ3n) is 3.56. The van der Waals surface area contributed by atoms with Crippen molar-refractivity contribution in [2.75, 3.05) is 0 Å². The zero-order valence-electron chi connectivity index (χ0n) is 9.09. The molecule has 1 heterocycles. The Morgan fingerprint density at radius 2 is 2.18 bits per heavy atom. The molecule has 2 aliphatic rings. The van der Waals surface area contributed by atoms with Crippen LogP contribution in [0.1, 0.15) is 18.4 Å². The molecule has 0 bridgehead atoms. The van der Waals surface area contributed by atoms with Crippen molar-refractivity contribution in [3.63, 3.8) is 0 Å². The van der Waals surface area contributed by atoms with Gasteiger partial charge in [0.05, 0.1) is 5.56 Å². The molecule has 2 unspecified atom stereocenters. The van der Waals surface area contributed by atoms with Crippen LogP contribution >= 0.6 is 0 Å². The number of rotatable bonds is 1. The fourth-order valence-electron chi connectivity index (χ4n) is 2.51. The Bertz CT molecular complexity index is 520. The summed E-state index contributed by atoms with van der Waals surface area (Å²) in [6.07, 6.45) is 2.75. The molecule has 88 valence electrons. The number of carbonyl (C=O) groups is 1. The number of ether oxygens (including phenoxy) is 1. The number of hydrogen-bond acceptors (Lipinski definition) is 3. The molecule has 1 saturated carbocycles. The van der Waals surface area contributed by atoms with E-state index in [9.17, 15) is 9.90 Å². The largest absolute Gasteiger partial charge is 0.507 e. The number of benzene rings is 1. The van der Waals surface area contributed by atoms with E-state index in [1.165, 1.54) is 6.08 Å². The van der Waals surface area contributed by atoms with Gasteiger partial charge in [0.15, 0.2) is 0 Å². The van der Waals surface area contributed by atoms with E-state index in [0.717, 1.165) is 0 Å². The maximum Gasteiger partial charge on any atom is 0.310 e. The van der Waals surface area contributed by atoms with Crippen LogP contribution in [0, 0.1) is 5.92 Å². The molecule has 3 rings (SSSR count). The van der Waals surface area contributed by atoms with Crippen LogP contribution in [-0.4, -0.2) is 21.8 Å². The van der Waals surface area contributed by atoms with Gasteiger partial charge in [-0.1, -0.05) is 12.1 Å². The van der Waals surface area contributed by atoms with Crippen LogP contribution in [0.4, 0.5) is 0 Å². The summed E-state index contributed by atoms with van der Waals surface area (Å²) >= 11 is 0. The van der Waals surface area contributed by atoms with Crippen molar-refractivity contribution in [1.82, 2.24) is 0 Å². The fourth-order valence-corrected chi connectivity index (χ4v) is 2.51. The first-order valence-electron chi connectivity index (χ1n) is 5.55. The molecule has 0 amide bonds. The summed E-state index contributed by atoms with van der Waals surface area (Å²) in [6, 6.07) is 7.11. The Hall–Kier alpha value is -1.97. The number of carboxylic acids is 1. The van der Waals surface area contributed by atoms with Crippen LogP contribution < -0.4 is 4.74 Å². The topological polar surface area (TPSA) is 66.8 Å². The molecule has 2 N–H and O–H groups in total. The second kappa shape index (κ2) is 3.26. The van der Waals surface area contributed by atoms with Gasteiger partial charge in [-0.2, -0.15) is 0 Å². The van der Waals surface area contributed by atoms with Crippen LogP contribution in [0.5, 0.6) is 5.75 Å². The lowest BCUT2D eigenvalue weighted by Gasteiger charge is -2.46. The normalized spacial score (nSPS) is 29.9. The maximum absolute atomic E-state index is 11.1. The SMILES string of the molecule is O=C(O)C1CCC12C=C(O)c1ccccc1O2. The summed E-state index contributed by atoms with van der Waals surface area (Å²) in [5, 5.41) is 19.0. The summed E-state index contributed by atoms with van der Waals surface area (Å²) in [7, 11) is 0. The van der Waals surface area contributed by atoms with E-state index < -0.39 is 17.5 Å². The lowest BCUT2D eigenvalue weighted by atomic mass is 9.68. The Balaban J connectivity index is 2.04. The highest BCUT2D eigenvalue weighted by atomic mass is 16.5. The van der Waals surface area contributed by atoms with Crippen molar-refractivity contribution < 1.29 is 19.7 Å². The van der Waals surface area contributed by atoms with E-state index in [1.54, 1.807) is 24.3 Å². The highest BCUT2D eigenvalue weighted by Crippen LogP contribution is 2.48. The number of aliphatic hydroxyl groups excluding tert-OH is 1. The van der Waals surface area contributed by atoms with Gasteiger partial charge in [0, 0.05) is 6.08 Å². The van der Waals surface area contributed by atoms with Gasteiger partial charge in [-0.05, 0) is 25.0 Å². The first-order valence-corrected chi connectivity index (χ1v) is 5.55. The fraction of sp³-hybridized carbons (Fsp3) is 0.308. The molecule has 17 heavy (non-hydrogen) atoms. The van der Waals surface area contributed by atoms with E-state index in [-0.39, 0.29) is 5.76 Å². The van der Waals surface area contributed by atoms with Crippen molar-refractivity contribution in [2.45, 2.75) is 18.4 Å². The Morgan fingerprint density at radius 1 is 1.41 bits per heavy atom. The third kappa shape index (κ3) is 1.33. The molecule has 1 fully saturated rings. The quantitative estimate of drug-likeness (QED) is 0.779. The van der Waals surface area contributed by atoms with Crippen LogP contribution in [-0.2, 0) is 4.79 Å². The number of carboxylic acid groups (broad SMARTS) is 1. The van der Waals surface area contributed by atoms with Crippen LogP contribution in [0.3, 0.4) is 0 Å². The van der Waals surface area contributed by atoms with Crippen molar-refractivity contribution in [2.24, 2.45) is 5.92 Å².